The van der Waals surface area contributed by atoms with Crippen LogP contribution in [-0.2, 0) is 6.54 Å². The summed E-state index contributed by atoms with van der Waals surface area (Å²) in [6.07, 6.45) is 6.43. The van der Waals surface area contributed by atoms with Crippen molar-refractivity contribution in [3.8, 4) is 0 Å². The molecule has 1 fully saturated rings. The number of nitrogens with one attached hydrogen (secondary N) is 1. The zero-order chi connectivity index (χ0) is 12.5. The van der Waals surface area contributed by atoms with Crippen LogP contribution < -0.4 is 5.69 Å². The second-order valence-corrected chi connectivity index (χ2v) is 5.64. The predicted molar refractivity (Wildman–Crippen MR) is 74.1 cm³/mol. The van der Waals surface area contributed by atoms with Gasteiger partial charge in [-0.1, -0.05) is 30.9 Å². The van der Waals surface area contributed by atoms with Crippen LogP contribution in [0.2, 0.25) is 5.02 Å². The summed E-state index contributed by atoms with van der Waals surface area (Å²) >= 11 is 5.94. The number of hydrogen-bond acceptors (Lipinski definition) is 1. The van der Waals surface area contributed by atoms with E-state index in [1.807, 2.05) is 22.8 Å². The lowest BCUT2D eigenvalue weighted by molar-refractivity contribution is 0.319. The lowest BCUT2D eigenvalue weighted by atomic mass is 9.89. The standard InChI is InChI=1S/C14H17ClN2O/c15-11-6-7-13-12(8-11)16-14(18)17(13)9-10-4-2-1-3-5-10/h6-8,10H,1-5,9H2,(H,16,18). The van der Waals surface area contributed by atoms with Crippen LogP contribution in [0.5, 0.6) is 0 Å². The van der Waals surface area contributed by atoms with Crippen molar-refractivity contribution >= 4 is 22.6 Å². The highest BCUT2D eigenvalue weighted by Crippen LogP contribution is 2.26. The number of benzene rings is 1. The number of hydrogen-bond donors (Lipinski definition) is 1. The molecule has 96 valence electrons. The van der Waals surface area contributed by atoms with E-state index in [1.54, 1.807) is 0 Å². The van der Waals surface area contributed by atoms with Crippen LogP contribution in [0.1, 0.15) is 32.1 Å². The summed E-state index contributed by atoms with van der Waals surface area (Å²) in [4.78, 5) is 14.9. The molecule has 1 aromatic heterocycles. The molecule has 2 aromatic rings. The molecule has 0 radical (unpaired) electrons. The van der Waals surface area contributed by atoms with Crippen LogP contribution >= 0.6 is 11.6 Å². The Kier molecular flexibility index (Phi) is 3.16. The molecule has 3 nitrogen and oxygen atoms in total. The molecule has 0 bridgehead atoms. The fourth-order valence-corrected chi connectivity index (χ4v) is 3.12. The number of aromatic amines is 1. The van der Waals surface area contributed by atoms with Gasteiger partial charge in [0.25, 0.3) is 0 Å². The summed E-state index contributed by atoms with van der Waals surface area (Å²) in [5.74, 6) is 0.645. The molecule has 1 aromatic carbocycles. The molecule has 0 aliphatic heterocycles. The first-order chi connectivity index (χ1) is 8.74. The van der Waals surface area contributed by atoms with Crippen molar-refractivity contribution in [3.05, 3.63) is 33.7 Å². The average molecular weight is 265 g/mol. The van der Waals surface area contributed by atoms with Crippen LogP contribution in [0.15, 0.2) is 23.0 Å². The number of H-pyrrole nitrogens is 1. The first kappa shape index (κ1) is 11.8. The zero-order valence-corrected chi connectivity index (χ0v) is 11.0. The molecular formula is C14H17ClN2O. The number of rotatable bonds is 2. The molecule has 0 spiro atoms. The van der Waals surface area contributed by atoms with Crippen molar-refractivity contribution < 1.29 is 0 Å². The minimum absolute atomic E-state index is 0.0159. The van der Waals surface area contributed by atoms with Gasteiger partial charge in [-0.05, 0) is 37.0 Å². The van der Waals surface area contributed by atoms with E-state index in [9.17, 15) is 4.79 Å². The summed E-state index contributed by atoms with van der Waals surface area (Å²) in [7, 11) is 0. The molecule has 4 heteroatoms. The lowest BCUT2D eigenvalue weighted by Gasteiger charge is -2.21. The van der Waals surface area contributed by atoms with Gasteiger partial charge in [-0.25, -0.2) is 4.79 Å². The van der Waals surface area contributed by atoms with E-state index in [0.29, 0.717) is 10.9 Å². The van der Waals surface area contributed by atoms with Crippen molar-refractivity contribution in [3.63, 3.8) is 0 Å². The van der Waals surface area contributed by atoms with E-state index in [4.69, 9.17) is 11.6 Å². The third-order valence-electron chi connectivity index (χ3n) is 3.90. The molecule has 1 saturated carbocycles. The molecule has 0 amide bonds. The van der Waals surface area contributed by atoms with Crippen LogP contribution in [0.25, 0.3) is 11.0 Å². The quantitative estimate of drug-likeness (QED) is 0.885. The van der Waals surface area contributed by atoms with Crippen molar-refractivity contribution in [2.45, 2.75) is 38.6 Å². The highest BCUT2D eigenvalue weighted by atomic mass is 35.5. The number of nitrogens with zero attached hydrogens (tertiary/aromatic N) is 1. The first-order valence-corrected chi connectivity index (χ1v) is 7.00. The monoisotopic (exact) mass is 264 g/mol. The minimum Gasteiger partial charge on any atom is -0.305 e. The second kappa shape index (κ2) is 4.81. The van der Waals surface area contributed by atoms with Gasteiger partial charge in [-0.3, -0.25) is 4.57 Å². The van der Waals surface area contributed by atoms with Gasteiger partial charge < -0.3 is 4.98 Å². The average Bonchev–Trinajstić information content (AvgIpc) is 2.66. The summed E-state index contributed by atoms with van der Waals surface area (Å²) in [6.45, 7) is 0.834. The van der Waals surface area contributed by atoms with E-state index in [-0.39, 0.29) is 5.69 Å². The summed E-state index contributed by atoms with van der Waals surface area (Å²) in [5.41, 5.74) is 1.79. The Labute approximate surface area is 111 Å². The molecule has 1 aliphatic carbocycles. The van der Waals surface area contributed by atoms with Gasteiger partial charge in [0.05, 0.1) is 11.0 Å². The van der Waals surface area contributed by atoms with Crippen molar-refractivity contribution in [2.75, 3.05) is 0 Å². The van der Waals surface area contributed by atoms with Crippen LogP contribution in [-0.4, -0.2) is 9.55 Å². The Morgan fingerprint density at radius 2 is 2.06 bits per heavy atom. The number of fused-ring (bicyclic) bond motifs is 1. The van der Waals surface area contributed by atoms with Gasteiger partial charge in [-0.2, -0.15) is 0 Å². The predicted octanol–water partition coefficient (Wildman–Crippen LogP) is 3.56. The molecule has 0 atom stereocenters. The zero-order valence-electron chi connectivity index (χ0n) is 10.3. The van der Waals surface area contributed by atoms with Crippen molar-refractivity contribution in [1.82, 2.24) is 9.55 Å². The Morgan fingerprint density at radius 3 is 2.83 bits per heavy atom. The molecule has 18 heavy (non-hydrogen) atoms. The highest BCUT2D eigenvalue weighted by molar-refractivity contribution is 6.31. The van der Waals surface area contributed by atoms with Gasteiger partial charge in [0.15, 0.2) is 0 Å². The largest absolute Gasteiger partial charge is 0.326 e. The maximum Gasteiger partial charge on any atom is 0.326 e. The molecule has 1 N–H and O–H groups in total. The second-order valence-electron chi connectivity index (χ2n) is 5.21. The third kappa shape index (κ3) is 2.19. The van der Waals surface area contributed by atoms with Gasteiger partial charge in [0.1, 0.15) is 0 Å². The Hall–Kier alpha value is -1.22. The Bertz CT molecular complexity index is 608. The van der Waals surface area contributed by atoms with Crippen molar-refractivity contribution in [1.29, 1.82) is 0 Å². The Balaban J connectivity index is 1.95. The molecule has 3 rings (SSSR count). The third-order valence-corrected chi connectivity index (χ3v) is 4.14. The molecule has 0 saturated heterocycles. The topological polar surface area (TPSA) is 37.8 Å². The highest BCUT2D eigenvalue weighted by Gasteiger charge is 2.16. The van der Waals surface area contributed by atoms with Gasteiger partial charge in [0.2, 0.25) is 0 Å². The molecule has 1 heterocycles. The maximum atomic E-state index is 12.0. The van der Waals surface area contributed by atoms with Crippen LogP contribution in [0.4, 0.5) is 0 Å². The smallest absolute Gasteiger partial charge is 0.305 e. The maximum absolute atomic E-state index is 12.0. The van der Waals surface area contributed by atoms with Crippen LogP contribution in [0, 0.1) is 5.92 Å². The van der Waals surface area contributed by atoms with E-state index in [0.717, 1.165) is 17.6 Å². The van der Waals surface area contributed by atoms with E-state index in [2.05, 4.69) is 4.98 Å². The summed E-state index contributed by atoms with van der Waals surface area (Å²) < 4.78 is 1.86. The fraction of sp³-hybridized carbons (Fsp3) is 0.500. The summed E-state index contributed by atoms with van der Waals surface area (Å²) in [6, 6.07) is 5.59. The van der Waals surface area contributed by atoms with E-state index < -0.39 is 0 Å². The summed E-state index contributed by atoms with van der Waals surface area (Å²) in [5, 5.41) is 0.661. The Morgan fingerprint density at radius 1 is 1.28 bits per heavy atom. The first-order valence-electron chi connectivity index (χ1n) is 6.62. The van der Waals surface area contributed by atoms with Gasteiger partial charge in [-0.15, -0.1) is 0 Å². The lowest BCUT2D eigenvalue weighted by Crippen LogP contribution is -2.22. The van der Waals surface area contributed by atoms with E-state index >= 15 is 0 Å². The van der Waals surface area contributed by atoms with Crippen molar-refractivity contribution in [2.24, 2.45) is 5.92 Å². The fourth-order valence-electron chi connectivity index (χ4n) is 2.95. The van der Waals surface area contributed by atoms with Crippen LogP contribution in [0.3, 0.4) is 0 Å². The number of imidazole rings is 1. The molecular weight excluding hydrogens is 248 g/mol. The SMILES string of the molecule is O=c1[nH]c2cc(Cl)ccc2n1CC1CCCCC1. The minimum atomic E-state index is -0.0159. The van der Waals surface area contributed by atoms with Gasteiger partial charge in [0, 0.05) is 11.6 Å². The number of halogens is 1. The van der Waals surface area contributed by atoms with Gasteiger partial charge >= 0.3 is 5.69 Å². The normalized spacial score (nSPS) is 17.4. The number of aromatic nitrogens is 2. The molecule has 0 unspecified atom stereocenters. The molecule has 1 aliphatic rings. The van der Waals surface area contributed by atoms with E-state index in [1.165, 1.54) is 32.1 Å².